The van der Waals surface area contributed by atoms with Crippen LogP contribution in [0.25, 0.3) is 0 Å². The molecule has 9 heavy (non-hydrogen) atoms. The Hall–Kier alpha value is -0.915. The minimum absolute atomic E-state index is 0.884. The van der Waals surface area contributed by atoms with Crippen molar-refractivity contribution >= 4 is 19.0 Å². The van der Waals surface area contributed by atoms with Crippen molar-refractivity contribution in [3.8, 4) is 0 Å². The first kappa shape index (κ1) is 6.21. The lowest BCUT2D eigenvalue weighted by atomic mass is 9.94. The Labute approximate surface area is 56.3 Å². The minimum Gasteiger partial charge on any atom is -0.399 e. The number of aryl methyl sites for hydroxylation is 1. The summed E-state index contributed by atoms with van der Waals surface area (Å²) in [5.41, 5.74) is 8.88. The van der Waals surface area contributed by atoms with Crippen LogP contribution in [0, 0.1) is 6.92 Å². The summed E-state index contributed by atoms with van der Waals surface area (Å²) in [7, 11) is 2.04. The van der Waals surface area contributed by atoms with Crippen LogP contribution in [0.4, 0.5) is 5.69 Å². The maximum atomic E-state index is 5.62. The molecule has 1 rings (SSSR count). The molecule has 2 N–H and O–H groups in total. The number of hydrogen-bond acceptors (Lipinski definition) is 1. The number of nitrogens with two attached hydrogens (primary N) is 1. The smallest absolute Gasteiger partial charge is 0.139 e. The van der Waals surface area contributed by atoms with Gasteiger partial charge in [0, 0.05) is 5.69 Å². The fourth-order valence-electron chi connectivity index (χ4n) is 0.760. The van der Waals surface area contributed by atoms with Gasteiger partial charge in [0.15, 0.2) is 0 Å². The van der Waals surface area contributed by atoms with Crippen LogP contribution in [-0.4, -0.2) is 7.85 Å². The quantitative estimate of drug-likeness (QED) is 0.372. The van der Waals surface area contributed by atoms with Gasteiger partial charge < -0.3 is 5.73 Å². The molecule has 1 nitrogen and oxygen atoms in total. The third-order valence-electron chi connectivity index (χ3n) is 1.43. The Morgan fingerprint density at radius 1 is 1.44 bits per heavy atom. The van der Waals surface area contributed by atoms with Crippen molar-refractivity contribution in [2.24, 2.45) is 0 Å². The predicted octanol–water partition coefficient (Wildman–Crippen LogP) is -0.164. The van der Waals surface area contributed by atoms with E-state index in [1.165, 1.54) is 5.46 Å². The van der Waals surface area contributed by atoms with Gasteiger partial charge >= 0.3 is 0 Å². The number of rotatable bonds is 0. The normalized spacial score (nSPS) is 9.44. The summed E-state index contributed by atoms with van der Waals surface area (Å²) in [5.74, 6) is 0. The lowest BCUT2D eigenvalue weighted by molar-refractivity contribution is 1.49. The van der Waals surface area contributed by atoms with Crippen molar-refractivity contribution in [3.63, 3.8) is 0 Å². The SMILES string of the molecule is Bc1ccc(C)c(N)c1. The third-order valence-corrected chi connectivity index (χ3v) is 1.43. The molecule has 0 saturated carbocycles. The maximum Gasteiger partial charge on any atom is 0.139 e. The van der Waals surface area contributed by atoms with E-state index in [-0.39, 0.29) is 0 Å². The van der Waals surface area contributed by atoms with E-state index in [1.54, 1.807) is 0 Å². The topological polar surface area (TPSA) is 26.0 Å². The molecule has 0 unspecified atom stereocenters. The van der Waals surface area contributed by atoms with Gasteiger partial charge in [-0.25, -0.2) is 0 Å². The van der Waals surface area contributed by atoms with Crippen molar-refractivity contribution in [1.29, 1.82) is 0 Å². The zero-order valence-electron chi connectivity index (χ0n) is 5.81. The molecule has 2 heteroatoms. The Kier molecular flexibility index (Phi) is 1.47. The molecule has 0 radical (unpaired) electrons. The highest BCUT2D eigenvalue weighted by Gasteiger charge is 1.89. The van der Waals surface area contributed by atoms with Gasteiger partial charge in [0.05, 0.1) is 0 Å². The van der Waals surface area contributed by atoms with Crippen molar-refractivity contribution in [2.75, 3.05) is 5.73 Å². The Balaban J connectivity index is 3.17. The van der Waals surface area contributed by atoms with Gasteiger partial charge in [-0.3, -0.25) is 0 Å². The molecule has 1 aromatic rings. The summed E-state index contributed by atoms with van der Waals surface area (Å²) in [6.45, 7) is 2.01. The Morgan fingerprint density at radius 3 is 2.56 bits per heavy atom. The van der Waals surface area contributed by atoms with Gasteiger partial charge in [0.2, 0.25) is 0 Å². The highest BCUT2D eigenvalue weighted by Crippen LogP contribution is 2.04. The van der Waals surface area contributed by atoms with E-state index in [0.29, 0.717) is 0 Å². The molecule has 0 spiro atoms. The van der Waals surface area contributed by atoms with Crippen LogP contribution in [0.1, 0.15) is 5.56 Å². The van der Waals surface area contributed by atoms with Crippen molar-refractivity contribution in [3.05, 3.63) is 23.8 Å². The van der Waals surface area contributed by atoms with Gasteiger partial charge in [-0.15, -0.1) is 0 Å². The van der Waals surface area contributed by atoms with E-state index in [9.17, 15) is 0 Å². The summed E-state index contributed by atoms with van der Waals surface area (Å²) in [5, 5.41) is 0. The zero-order chi connectivity index (χ0) is 6.85. The Morgan fingerprint density at radius 2 is 2.11 bits per heavy atom. The number of benzene rings is 1. The van der Waals surface area contributed by atoms with Crippen molar-refractivity contribution < 1.29 is 0 Å². The summed E-state index contributed by atoms with van der Waals surface area (Å²) >= 11 is 0. The molecule has 0 heterocycles. The highest BCUT2D eigenvalue weighted by atomic mass is 14.5. The molecular weight excluding hydrogens is 109 g/mol. The molecule has 0 fully saturated rings. The van der Waals surface area contributed by atoms with Crippen LogP contribution in [0.3, 0.4) is 0 Å². The van der Waals surface area contributed by atoms with E-state index >= 15 is 0 Å². The van der Waals surface area contributed by atoms with Crippen LogP contribution in [-0.2, 0) is 0 Å². The van der Waals surface area contributed by atoms with Gasteiger partial charge in [0.1, 0.15) is 7.85 Å². The third kappa shape index (κ3) is 1.25. The molecule has 46 valence electrons. The maximum absolute atomic E-state index is 5.62. The molecule has 0 amide bonds. The molecule has 0 bridgehead atoms. The molecular formula is C7H10BN. The van der Waals surface area contributed by atoms with E-state index < -0.39 is 0 Å². The Bertz CT molecular complexity index is 220. The molecule has 0 aromatic heterocycles. The van der Waals surface area contributed by atoms with Crippen LogP contribution in [0.15, 0.2) is 18.2 Å². The number of hydrogen-bond donors (Lipinski definition) is 1. The summed E-state index contributed by atoms with van der Waals surface area (Å²) in [6, 6.07) is 6.08. The minimum atomic E-state index is 0.884. The second-order valence-corrected chi connectivity index (χ2v) is 2.36. The fraction of sp³-hybridized carbons (Fsp3) is 0.143. The zero-order valence-corrected chi connectivity index (χ0v) is 5.81. The van der Waals surface area contributed by atoms with Gasteiger partial charge in [-0.05, 0) is 18.6 Å². The van der Waals surface area contributed by atoms with Crippen LogP contribution in [0.5, 0.6) is 0 Å². The van der Waals surface area contributed by atoms with Gasteiger partial charge in [0.25, 0.3) is 0 Å². The summed E-state index contributed by atoms with van der Waals surface area (Å²) in [4.78, 5) is 0. The summed E-state index contributed by atoms with van der Waals surface area (Å²) in [6.07, 6.45) is 0. The predicted molar refractivity (Wildman–Crippen MR) is 43.8 cm³/mol. The molecule has 0 aliphatic rings. The monoisotopic (exact) mass is 119 g/mol. The first-order valence-electron chi connectivity index (χ1n) is 3.03. The second-order valence-electron chi connectivity index (χ2n) is 2.36. The molecule has 0 aliphatic carbocycles. The van der Waals surface area contributed by atoms with E-state index in [1.807, 2.05) is 26.9 Å². The van der Waals surface area contributed by atoms with Crippen molar-refractivity contribution in [2.45, 2.75) is 6.92 Å². The fourth-order valence-corrected chi connectivity index (χ4v) is 0.760. The first-order valence-corrected chi connectivity index (χ1v) is 3.03. The largest absolute Gasteiger partial charge is 0.399 e. The summed E-state index contributed by atoms with van der Waals surface area (Å²) < 4.78 is 0. The molecule has 0 saturated heterocycles. The number of anilines is 1. The van der Waals surface area contributed by atoms with E-state index in [2.05, 4.69) is 6.07 Å². The lowest BCUT2D eigenvalue weighted by Crippen LogP contribution is -2.03. The highest BCUT2D eigenvalue weighted by molar-refractivity contribution is 6.32. The van der Waals surface area contributed by atoms with E-state index in [0.717, 1.165) is 11.3 Å². The van der Waals surface area contributed by atoms with Crippen molar-refractivity contribution in [1.82, 2.24) is 0 Å². The van der Waals surface area contributed by atoms with Gasteiger partial charge in [-0.1, -0.05) is 17.6 Å². The molecule has 0 atom stereocenters. The average Bonchev–Trinajstić information content (AvgIpc) is 1.80. The molecule has 0 aliphatic heterocycles. The van der Waals surface area contributed by atoms with E-state index in [4.69, 9.17) is 5.73 Å². The van der Waals surface area contributed by atoms with Crippen LogP contribution >= 0.6 is 0 Å². The van der Waals surface area contributed by atoms with Crippen LogP contribution < -0.4 is 11.2 Å². The molecule has 1 aromatic carbocycles. The standard InChI is InChI=1S/C7H10BN/c1-5-2-3-6(8)4-7(5)9/h2-4H,8-9H2,1H3. The first-order chi connectivity index (χ1) is 4.20. The number of nitrogen functional groups attached to an aromatic ring is 1. The second kappa shape index (κ2) is 2.13. The van der Waals surface area contributed by atoms with Gasteiger partial charge in [-0.2, -0.15) is 0 Å². The average molecular weight is 119 g/mol. The van der Waals surface area contributed by atoms with Crippen LogP contribution in [0.2, 0.25) is 0 Å². The lowest BCUT2D eigenvalue weighted by Gasteiger charge is -1.98.